The second-order valence-electron chi connectivity index (χ2n) is 7.14. The lowest BCUT2D eigenvalue weighted by molar-refractivity contribution is -0.114. The van der Waals surface area contributed by atoms with Gasteiger partial charge in [0.25, 0.3) is 11.8 Å². The average molecular weight is 425 g/mol. The fraction of sp³-hybridized carbons (Fsp3) is 0.375. The van der Waals surface area contributed by atoms with Gasteiger partial charge in [0.1, 0.15) is 0 Å². The van der Waals surface area contributed by atoms with E-state index in [4.69, 9.17) is 0 Å². The summed E-state index contributed by atoms with van der Waals surface area (Å²) in [6.07, 6.45) is 1.97. The van der Waals surface area contributed by atoms with Crippen molar-refractivity contribution in [1.82, 2.24) is 10.2 Å². The van der Waals surface area contributed by atoms with Gasteiger partial charge in [0.05, 0.1) is 6.54 Å². The maximum Gasteiger partial charge on any atom is 0.253 e. The number of anilines is 2. The van der Waals surface area contributed by atoms with E-state index in [-0.39, 0.29) is 24.3 Å². The number of hydrogen-bond donors (Lipinski definition) is 3. The van der Waals surface area contributed by atoms with Crippen LogP contribution in [0.25, 0.3) is 0 Å². The van der Waals surface area contributed by atoms with Gasteiger partial charge in [0, 0.05) is 42.1 Å². The van der Waals surface area contributed by atoms with Crippen LogP contribution in [-0.4, -0.2) is 48.8 Å². The first-order valence-electron chi connectivity index (χ1n) is 10.8. The Morgan fingerprint density at radius 3 is 1.97 bits per heavy atom. The first-order chi connectivity index (χ1) is 15.0. The van der Waals surface area contributed by atoms with Gasteiger partial charge in [-0.2, -0.15) is 0 Å². The van der Waals surface area contributed by atoms with Crippen molar-refractivity contribution in [3.8, 4) is 0 Å². The molecular weight excluding hydrogens is 392 g/mol. The molecule has 2 rings (SSSR count). The van der Waals surface area contributed by atoms with Crippen LogP contribution in [0.5, 0.6) is 0 Å². The second-order valence-corrected chi connectivity index (χ2v) is 7.14. The molecule has 0 atom stereocenters. The molecule has 0 radical (unpaired) electrons. The smallest absolute Gasteiger partial charge is 0.253 e. The second kappa shape index (κ2) is 12.4. The van der Waals surface area contributed by atoms with Gasteiger partial charge in [-0.3, -0.25) is 14.4 Å². The summed E-state index contributed by atoms with van der Waals surface area (Å²) in [5.74, 6) is -0.323. The van der Waals surface area contributed by atoms with Crippen molar-refractivity contribution in [1.29, 1.82) is 0 Å². The Morgan fingerprint density at radius 1 is 0.806 bits per heavy atom. The summed E-state index contributed by atoms with van der Waals surface area (Å²) >= 11 is 0. The minimum atomic E-state index is -0.205. The molecule has 0 saturated heterocycles. The van der Waals surface area contributed by atoms with E-state index in [1.165, 1.54) is 0 Å². The van der Waals surface area contributed by atoms with Crippen LogP contribution >= 0.6 is 0 Å². The number of hydrogen-bond acceptors (Lipinski definition) is 4. The lowest BCUT2D eigenvalue weighted by Gasteiger charge is -2.18. The lowest BCUT2D eigenvalue weighted by Crippen LogP contribution is -2.30. The molecule has 0 fully saturated rings. The number of nitrogens with one attached hydrogen (secondary N) is 3. The molecule has 3 amide bonds. The Balaban J connectivity index is 1.82. The van der Waals surface area contributed by atoms with Crippen molar-refractivity contribution in [2.75, 3.05) is 36.8 Å². The van der Waals surface area contributed by atoms with Gasteiger partial charge in [-0.05, 0) is 68.8 Å². The highest BCUT2D eigenvalue weighted by atomic mass is 16.2. The number of unbranched alkanes of at least 4 members (excludes halogenated alkanes) is 1. The van der Waals surface area contributed by atoms with Crippen LogP contribution in [0.1, 0.15) is 54.3 Å². The highest BCUT2D eigenvalue weighted by Crippen LogP contribution is 2.13. The van der Waals surface area contributed by atoms with Gasteiger partial charge in [-0.15, -0.1) is 0 Å². The molecule has 0 heterocycles. The third-order valence-corrected chi connectivity index (χ3v) is 4.88. The van der Waals surface area contributed by atoms with Crippen LogP contribution < -0.4 is 16.0 Å². The Kier molecular flexibility index (Phi) is 9.55. The zero-order valence-corrected chi connectivity index (χ0v) is 18.5. The van der Waals surface area contributed by atoms with Crippen molar-refractivity contribution in [2.45, 2.75) is 33.6 Å². The third-order valence-electron chi connectivity index (χ3n) is 4.88. The molecule has 166 valence electrons. The van der Waals surface area contributed by atoms with Gasteiger partial charge in [-0.1, -0.05) is 13.3 Å². The minimum Gasteiger partial charge on any atom is -0.376 e. The number of benzene rings is 2. The Morgan fingerprint density at radius 2 is 1.39 bits per heavy atom. The van der Waals surface area contributed by atoms with E-state index in [0.29, 0.717) is 36.4 Å². The summed E-state index contributed by atoms with van der Waals surface area (Å²) in [6.45, 7) is 8.05. The van der Waals surface area contributed by atoms with Crippen molar-refractivity contribution in [3.05, 3.63) is 59.7 Å². The van der Waals surface area contributed by atoms with Crippen LogP contribution in [0.2, 0.25) is 0 Å². The van der Waals surface area contributed by atoms with Crippen LogP contribution in [0.4, 0.5) is 11.4 Å². The van der Waals surface area contributed by atoms with Gasteiger partial charge in [0.15, 0.2) is 0 Å². The van der Waals surface area contributed by atoms with Crippen LogP contribution in [-0.2, 0) is 4.79 Å². The standard InChI is InChI=1S/C24H32N4O3/c1-4-7-16-25-23(30)18-8-14-21(15-9-18)27-22(29)17-26-20-12-10-19(11-13-20)24(31)28(5-2)6-3/h8-15,26H,4-7,16-17H2,1-3H3,(H,25,30)(H,27,29). The lowest BCUT2D eigenvalue weighted by atomic mass is 10.1. The summed E-state index contributed by atoms with van der Waals surface area (Å²) in [4.78, 5) is 38.3. The molecule has 0 bridgehead atoms. The van der Waals surface area contributed by atoms with Crippen molar-refractivity contribution in [2.24, 2.45) is 0 Å². The Bertz CT molecular complexity index is 859. The monoisotopic (exact) mass is 424 g/mol. The van der Waals surface area contributed by atoms with E-state index < -0.39 is 0 Å². The maximum absolute atomic E-state index is 12.3. The van der Waals surface area contributed by atoms with Crippen molar-refractivity contribution < 1.29 is 14.4 Å². The summed E-state index contributed by atoms with van der Waals surface area (Å²) in [6, 6.07) is 13.9. The summed E-state index contributed by atoms with van der Waals surface area (Å²) < 4.78 is 0. The van der Waals surface area contributed by atoms with Crippen LogP contribution in [0.15, 0.2) is 48.5 Å². The zero-order chi connectivity index (χ0) is 22.6. The number of amides is 3. The molecule has 0 aliphatic heterocycles. The molecule has 3 N–H and O–H groups in total. The van der Waals surface area contributed by atoms with E-state index in [1.807, 2.05) is 13.8 Å². The average Bonchev–Trinajstić information content (AvgIpc) is 2.79. The number of carbonyl (C=O) groups excluding carboxylic acids is 3. The van der Waals surface area contributed by atoms with E-state index in [2.05, 4.69) is 22.9 Å². The molecular formula is C24H32N4O3. The fourth-order valence-corrected chi connectivity index (χ4v) is 3.00. The zero-order valence-electron chi connectivity index (χ0n) is 18.5. The fourth-order valence-electron chi connectivity index (χ4n) is 3.00. The normalized spacial score (nSPS) is 10.3. The number of nitrogens with zero attached hydrogens (tertiary/aromatic N) is 1. The largest absolute Gasteiger partial charge is 0.376 e. The van der Waals surface area contributed by atoms with Gasteiger partial charge in [-0.25, -0.2) is 0 Å². The first-order valence-corrected chi connectivity index (χ1v) is 10.8. The predicted octanol–water partition coefficient (Wildman–Crippen LogP) is 3.75. The van der Waals surface area contributed by atoms with Crippen LogP contribution in [0.3, 0.4) is 0 Å². The highest BCUT2D eigenvalue weighted by molar-refractivity contribution is 5.97. The number of rotatable bonds is 11. The molecule has 0 aliphatic rings. The van der Waals surface area contributed by atoms with Crippen LogP contribution in [0, 0.1) is 0 Å². The van der Waals surface area contributed by atoms with E-state index in [9.17, 15) is 14.4 Å². The van der Waals surface area contributed by atoms with E-state index in [1.54, 1.807) is 53.4 Å². The molecule has 31 heavy (non-hydrogen) atoms. The SMILES string of the molecule is CCCCNC(=O)c1ccc(NC(=O)CNc2ccc(C(=O)N(CC)CC)cc2)cc1. The molecule has 0 unspecified atom stereocenters. The summed E-state index contributed by atoms with van der Waals surface area (Å²) in [7, 11) is 0. The van der Waals surface area contributed by atoms with E-state index >= 15 is 0 Å². The molecule has 7 nitrogen and oxygen atoms in total. The minimum absolute atomic E-state index is 0.00298. The van der Waals surface area contributed by atoms with Gasteiger partial charge >= 0.3 is 0 Å². The number of carbonyl (C=O) groups is 3. The van der Waals surface area contributed by atoms with E-state index in [0.717, 1.165) is 18.5 Å². The molecule has 2 aromatic rings. The predicted molar refractivity (Wildman–Crippen MR) is 124 cm³/mol. The molecule has 2 aromatic carbocycles. The summed E-state index contributed by atoms with van der Waals surface area (Å²) in [5.41, 5.74) is 2.56. The quantitative estimate of drug-likeness (QED) is 0.479. The maximum atomic E-state index is 12.3. The topological polar surface area (TPSA) is 90.5 Å². The highest BCUT2D eigenvalue weighted by Gasteiger charge is 2.12. The van der Waals surface area contributed by atoms with Gasteiger partial charge in [0.2, 0.25) is 5.91 Å². The van der Waals surface area contributed by atoms with Crippen molar-refractivity contribution in [3.63, 3.8) is 0 Å². The molecule has 0 saturated carbocycles. The molecule has 0 aliphatic carbocycles. The first kappa shape index (κ1) is 23.9. The molecule has 0 spiro atoms. The summed E-state index contributed by atoms with van der Waals surface area (Å²) in [5, 5.41) is 8.70. The third kappa shape index (κ3) is 7.44. The Hall–Kier alpha value is -3.35. The van der Waals surface area contributed by atoms with Crippen molar-refractivity contribution >= 4 is 29.1 Å². The molecule has 7 heteroatoms. The Labute approximate surface area is 184 Å². The molecule has 0 aromatic heterocycles. The van der Waals surface area contributed by atoms with Gasteiger partial charge < -0.3 is 20.9 Å².